The van der Waals surface area contributed by atoms with E-state index in [1.807, 2.05) is 0 Å². The molecule has 33 heavy (non-hydrogen) atoms. The van der Waals surface area contributed by atoms with Gasteiger partial charge >= 0.3 is 5.97 Å². The molecule has 0 aromatic heterocycles. The van der Waals surface area contributed by atoms with E-state index in [-0.39, 0.29) is 0 Å². The number of carboxylic acids is 1. The van der Waals surface area contributed by atoms with Crippen molar-refractivity contribution in [3.63, 3.8) is 0 Å². The van der Waals surface area contributed by atoms with E-state index in [1.165, 1.54) is 0 Å². The molecule has 2 heterocycles. The lowest BCUT2D eigenvalue weighted by Crippen LogP contribution is -2.70. The standard InChI is InChI=1S/C17H29NO15/c19-2-6(23)10(25)13-9(18-8(24)4-21)5(22)1-17(32-13,16(29)30)33-14-11(26)7(3-20)31-15(28)12(14)27/h5-7,9-15,19-23,25-28H,1-4H2,(H,18,24)(H,29,30)/t5-,6+,7+,9+,10+,11-,12+,13+,14-,15?,17-/m0/s1. The maximum Gasteiger partial charge on any atom is 0.364 e. The highest BCUT2D eigenvalue weighted by Crippen LogP contribution is 2.37. The van der Waals surface area contributed by atoms with Crippen LogP contribution in [-0.2, 0) is 23.8 Å². The van der Waals surface area contributed by atoms with Crippen LogP contribution in [0.15, 0.2) is 0 Å². The molecule has 0 aromatic rings. The summed E-state index contributed by atoms with van der Waals surface area (Å²) in [4.78, 5) is 23.8. The van der Waals surface area contributed by atoms with Crippen molar-refractivity contribution in [2.45, 2.75) is 73.4 Å². The summed E-state index contributed by atoms with van der Waals surface area (Å²) in [5, 5.41) is 100. The third kappa shape index (κ3) is 5.76. The summed E-state index contributed by atoms with van der Waals surface area (Å²) in [6.07, 6.45) is -18.2. The molecule has 2 aliphatic rings. The van der Waals surface area contributed by atoms with Crippen LogP contribution in [0.4, 0.5) is 0 Å². The Morgan fingerprint density at radius 1 is 1.09 bits per heavy atom. The van der Waals surface area contributed by atoms with Crippen molar-refractivity contribution < 1.29 is 74.9 Å². The third-order valence-electron chi connectivity index (χ3n) is 5.45. The van der Waals surface area contributed by atoms with Gasteiger partial charge in [0, 0.05) is 6.42 Å². The Hall–Kier alpha value is -1.54. The smallest absolute Gasteiger partial charge is 0.364 e. The molecule has 0 radical (unpaired) electrons. The van der Waals surface area contributed by atoms with Gasteiger partial charge in [0.25, 0.3) is 5.79 Å². The number of nitrogens with one attached hydrogen (secondary N) is 1. The monoisotopic (exact) mass is 487 g/mol. The molecule has 2 aliphatic heterocycles. The van der Waals surface area contributed by atoms with Gasteiger partial charge in [-0.15, -0.1) is 0 Å². The van der Waals surface area contributed by atoms with Crippen LogP contribution in [-0.4, -0.2) is 150 Å². The van der Waals surface area contributed by atoms with Gasteiger partial charge in [-0.2, -0.15) is 0 Å². The number of carboxylic acid groups (broad SMARTS) is 1. The van der Waals surface area contributed by atoms with Crippen molar-refractivity contribution in [3.8, 4) is 0 Å². The van der Waals surface area contributed by atoms with Crippen molar-refractivity contribution >= 4 is 11.9 Å². The number of rotatable bonds is 9. The zero-order valence-corrected chi connectivity index (χ0v) is 17.1. The van der Waals surface area contributed by atoms with E-state index >= 15 is 0 Å². The van der Waals surface area contributed by atoms with Gasteiger partial charge in [0.05, 0.1) is 25.4 Å². The number of ether oxygens (including phenoxy) is 3. The summed E-state index contributed by atoms with van der Waals surface area (Å²) >= 11 is 0. The zero-order valence-electron chi connectivity index (χ0n) is 17.1. The average Bonchev–Trinajstić information content (AvgIpc) is 2.79. The summed E-state index contributed by atoms with van der Waals surface area (Å²) in [6, 6.07) is -1.60. The molecular weight excluding hydrogens is 458 g/mol. The Kier molecular flexibility index (Phi) is 9.45. The van der Waals surface area contributed by atoms with Gasteiger partial charge in [-0.05, 0) is 0 Å². The minimum atomic E-state index is -2.93. The van der Waals surface area contributed by atoms with E-state index in [1.54, 1.807) is 0 Å². The van der Waals surface area contributed by atoms with E-state index in [9.17, 15) is 50.4 Å². The second kappa shape index (κ2) is 11.3. The first kappa shape index (κ1) is 27.7. The van der Waals surface area contributed by atoms with Crippen LogP contribution in [0, 0.1) is 0 Å². The van der Waals surface area contributed by atoms with E-state index in [4.69, 9.17) is 24.4 Å². The minimum absolute atomic E-state index is 0.854. The molecule has 0 bridgehead atoms. The largest absolute Gasteiger partial charge is 0.477 e. The number of hydrogen-bond donors (Lipinski definition) is 11. The highest BCUT2D eigenvalue weighted by atomic mass is 16.7. The summed E-state index contributed by atoms with van der Waals surface area (Å²) in [5.41, 5.74) is 0. The second-order valence-corrected chi connectivity index (χ2v) is 7.72. The minimum Gasteiger partial charge on any atom is -0.477 e. The van der Waals surface area contributed by atoms with E-state index in [0.29, 0.717) is 0 Å². The maximum absolute atomic E-state index is 12.1. The van der Waals surface area contributed by atoms with E-state index in [2.05, 4.69) is 5.32 Å². The Bertz CT molecular complexity index is 681. The molecule has 0 saturated carbocycles. The second-order valence-electron chi connectivity index (χ2n) is 7.72. The van der Waals surface area contributed by atoms with Crippen molar-refractivity contribution in [1.29, 1.82) is 0 Å². The number of aliphatic hydroxyl groups is 9. The van der Waals surface area contributed by atoms with Gasteiger partial charge in [0.2, 0.25) is 5.91 Å². The van der Waals surface area contributed by atoms with Crippen molar-refractivity contribution in [1.82, 2.24) is 5.32 Å². The number of carbonyl (C=O) groups is 2. The van der Waals surface area contributed by atoms with Gasteiger partial charge in [-0.1, -0.05) is 0 Å². The van der Waals surface area contributed by atoms with Crippen molar-refractivity contribution in [2.24, 2.45) is 0 Å². The Morgan fingerprint density at radius 2 is 1.73 bits per heavy atom. The number of aliphatic carboxylic acids is 1. The fourth-order valence-electron chi connectivity index (χ4n) is 3.67. The van der Waals surface area contributed by atoms with Crippen LogP contribution in [0.3, 0.4) is 0 Å². The molecule has 16 nitrogen and oxygen atoms in total. The van der Waals surface area contributed by atoms with E-state index in [0.717, 1.165) is 0 Å². The molecule has 0 aliphatic carbocycles. The lowest BCUT2D eigenvalue weighted by atomic mass is 9.88. The molecule has 2 saturated heterocycles. The fourth-order valence-corrected chi connectivity index (χ4v) is 3.67. The normalized spacial score (nSPS) is 41.2. The Labute approximate surface area is 186 Å². The molecule has 1 unspecified atom stereocenters. The topological polar surface area (TPSA) is 276 Å². The lowest BCUT2D eigenvalue weighted by Gasteiger charge is -2.49. The predicted molar refractivity (Wildman–Crippen MR) is 98.8 cm³/mol. The third-order valence-corrected chi connectivity index (χ3v) is 5.45. The fraction of sp³-hybridized carbons (Fsp3) is 0.882. The highest BCUT2D eigenvalue weighted by Gasteiger charge is 2.59. The summed E-state index contributed by atoms with van der Waals surface area (Å²) < 4.78 is 15.4. The first-order chi connectivity index (χ1) is 15.4. The molecule has 16 heteroatoms. The Balaban J connectivity index is 2.43. The van der Waals surface area contributed by atoms with Crippen molar-refractivity contribution in [2.75, 3.05) is 19.8 Å². The number of aliphatic hydroxyl groups excluding tert-OH is 9. The number of hydrogen-bond acceptors (Lipinski definition) is 14. The first-order valence-corrected chi connectivity index (χ1v) is 9.87. The summed E-state index contributed by atoms with van der Waals surface area (Å²) in [6.45, 7) is -2.93. The van der Waals surface area contributed by atoms with Crippen LogP contribution in [0.25, 0.3) is 0 Å². The van der Waals surface area contributed by atoms with Gasteiger partial charge in [-0.25, -0.2) is 4.79 Å². The van der Waals surface area contributed by atoms with Crippen LogP contribution in [0.5, 0.6) is 0 Å². The van der Waals surface area contributed by atoms with E-state index < -0.39 is 105 Å². The van der Waals surface area contributed by atoms with Crippen molar-refractivity contribution in [3.05, 3.63) is 0 Å². The molecule has 11 atom stereocenters. The molecule has 0 aromatic carbocycles. The van der Waals surface area contributed by atoms with Crippen LogP contribution in [0.2, 0.25) is 0 Å². The van der Waals surface area contributed by atoms with Crippen LogP contribution in [0.1, 0.15) is 6.42 Å². The molecular formula is C17H29NO15. The average molecular weight is 487 g/mol. The molecule has 11 N–H and O–H groups in total. The predicted octanol–water partition coefficient (Wildman–Crippen LogP) is -7.08. The Morgan fingerprint density at radius 3 is 2.24 bits per heavy atom. The summed E-state index contributed by atoms with van der Waals surface area (Å²) in [5.74, 6) is -5.90. The van der Waals surface area contributed by atoms with Gasteiger partial charge < -0.3 is 70.6 Å². The first-order valence-electron chi connectivity index (χ1n) is 9.87. The molecule has 0 spiro atoms. The molecule has 2 rings (SSSR count). The van der Waals surface area contributed by atoms with Gasteiger partial charge in [-0.3, -0.25) is 4.79 Å². The molecule has 1 amide bonds. The molecule has 2 fully saturated rings. The zero-order chi connectivity index (χ0) is 25.1. The highest BCUT2D eigenvalue weighted by molar-refractivity contribution is 5.78. The van der Waals surface area contributed by atoms with Crippen LogP contribution < -0.4 is 5.32 Å². The van der Waals surface area contributed by atoms with Gasteiger partial charge in [0.15, 0.2) is 6.29 Å². The van der Waals surface area contributed by atoms with Crippen LogP contribution >= 0.6 is 0 Å². The number of amides is 1. The summed E-state index contributed by atoms with van der Waals surface area (Å²) in [7, 11) is 0. The number of carbonyl (C=O) groups excluding carboxylic acids is 1. The molecule has 192 valence electrons. The quantitative estimate of drug-likeness (QED) is 0.144. The maximum atomic E-state index is 12.1. The lowest BCUT2D eigenvalue weighted by molar-refractivity contribution is -0.366. The van der Waals surface area contributed by atoms with Gasteiger partial charge in [0.1, 0.15) is 49.3 Å². The SMILES string of the molecule is O=C(CO)N[C@H]1[C@H]([C@H](O)[C@H](O)CO)O[C@@](O[C@H]2[C@@H](O)[C@@H](CO)OC(O)[C@@H]2O)(C(=O)O)C[C@@H]1O.